The minimum absolute atomic E-state index is 0.205. The molecule has 1 saturated carbocycles. The van der Waals surface area contributed by atoms with E-state index in [4.69, 9.17) is 10.3 Å². The van der Waals surface area contributed by atoms with Crippen molar-refractivity contribution >= 4 is 0 Å². The summed E-state index contributed by atoms with van der Waals surface area (Å²) in [6, 6.07) is 2.70. The minimum Gasteiger partial charge on any atom is -0.508 e. The Morgan fingerprint density at radius 3 is 2.55 bits per heavy atom. The Bertz CT molecular complexity index is 691. The molecule has 0 bridgehead atoms. The second-order valence-electron chi connectivity index (χ2n) is 5.51. The molecule has 0 aliphatic heterocycles. The largest absolute Gasteiger partial charge is 0.508 e. The molecular weight excluding hydrogens is 299 g/mol. The summed E-state index contributed by atoms with van der Waals surface area (Å²) in [7, 11) is 0. The molecule has 1 aliphatic rings. The average Bonchev–Trinajstić information content (AvgIpc) is 3.06. The highest BCUT2D eigenvalue weighted by Crippen LogP contribution is 2.40. The average molecular weight is 313 g/mol. The number of halogens is 3. The van der Waals surface area contributed by atoms with Gasteiger partial charge in [0.1, 0.15) is 5.75 Å². The summed E-state index contributed by atoms with van der Waals surface area (Å²) in [5.74, 6) is -0.405. The first kappa shape index (κ1) is 14.8. The van der Waals surface area contributed by atoms with Gasteiger partial charge in [-0.3, -0.25) is 0 Å². The quantitative estimate of drug-likeness (QED) is 0.889. The molecule has 1 aromatic heterocycles. The van der Waals surface area contributed by atoms with Gasteiger partial charge in [-0.25, -0.2) is 0 Å². The van der Waals surface area contributed by atoms with Crippen molar-refractivity contribution in [3.05, 3.63) is 29.6 Å². The fourth-order valence-corrected chi connectivity index (χ4v) is 2.72. The van der Waals surface area contributed by atoms with Gasteiger partial charge in [-0.05, 0) is 31.0 Å². The number of nitrogens with zero attached hydrogens (tertiary/aromatic N) is 2. The summed E-state index contributed by atoms with van der Waals surface area (Å²) in [6.45, 7) is 0. The van der Waals surface area contributed by atoms with Crippen molar-refractivity contribution in [1.82, 2.24) is 10.1 Å². The van der Waals surface area contributed by atoms with E-state index in [1.54, 1.807) is 0 Å². The van der Waals surface area contributed by atoms with Crippen molar-refractivity contribution < 1.29 is 22.8 Å². The first-order valence-corrected chi connectivity index (χ1v) is 6.83. The van der Waals surface area contributed by atoms with Gasteiger partial charge in [0.15, 0.2) is 5.82 Å². The Morgan fingerprint density at radius 2 is 1.91 bits per heavy atom. The van der Waals surface area contributed by atoms with Crippen molar-refractivity contribution in [2.75, 3.05) is 0 Å². The zero-order valence-corrected chi connectivity index (χ0v) is 11.5. The molecule has 1 aliphatic carbocycles. The van der Waals surface area contributed by atoms with Crippen LogP contribution >= 0.6 is 0 Å². The Balaban J connectivity index is 2.05. The molecule has 5 nitrogen and oxygen atoms in total. The van der Waals surface area contributed by atoms with Crippen LogP contribution in [0.15, 0.2) is 22.7 Å². The van der Waals surface area contributed by atoms with Gasteiger partial charge in [0.25, 0.3) is 5.89 Å². The molecule has 1 heterocycles. The molecule has 118 valence electrons. The standard InChI is InChI=1S/C14H14F3N3O2/c15-14(16,17)10-4-3-8(21)7-9(10)11-19-12(20-22-11)13(18)5-1-2-6-13/h3-4,7,21H,1-2,5-6,18H2. The molecule has 1 aromatic carbocycles. The highest BCUT2D eigenvalue weighted by Gasteiger charge is 2.38. The van der Waals surface area contributed by atoms with Crippen LogP contribution in [0.5, 0.6) is 5.75 Å². The smallest absolute Gasteiger partial charge is 0.417 e. The zero-order valence-electron chi connectivity index (χ0n) is 11.5. The second kappa shape index (κ2) is 4.98. The number of alkyl halides is 3. The van der Waals surface area contributed by atoms with Crippen LogP contribution in [0.2, 0.25) is 0 Å². The summed E-state index contributed by atoms with van der Waals surface area (Å²) in [5, 5.41) is 13.2. The topological polar surface area (TPSA) is 85.2 Å². The number of aromatic hydroxyl groups is 1. The van der Waals surface area contributed by atoms with E-state index in [1.807, 2.05) is 0 Å². The third-order valence-corrected chi connectivity index (χ3v) is 3.91. The van der Waals surface area contributed by atoms with Gasteiger partial charge in [-0.2, -0.15) is 18.2 Å². The maximum atomic E-state index is 13.1. The van der Waals surface area contributed by atoms with Crippen LogP contribution in [-0.4, -0.2) is 15.2 Å². The zero-order chi connectivity index (χ0) is 16.0. The summed E-state index contributed by atoms with van der Waals surface area (Å²) >= 11 is 0. The minimum atomic E-state index is -4.59. The van der Waals surface area contributed by atoms with E-state index in [2.05, 4.69) is 10.1 Å². The van der Waals surface area contributed by atoms with Gasteiger partial charge < -0.3 is 15.4 Å². The normalized spacial score (nSPS) is 17.8. The Labute approximate surface area is 123 Å². The van der Waals surface area contributed by atoms with E-state index in [-0.39, 0.29) is 23.0 Å². The number of phenols is 1. The van der Waals surface area contributed by atoms with Crippen molar-refractivity contribution in [3.63, 3.8) is 0 Å². The number of rotatable bonds is 2. The highest BCUT2D eigenvalue weighted by atomic mass is 19.4. The van der Waals surface area contributed by atoms with Gasteiger partial charge in [-0.15, -0.1) is 0 Å². The highest BCUT2D eigenvalue weighted by molar-refractivity contribution is 5.62. The van der Waals surface area contributed by atoms with Gasteiger partial charge >= 0.3 is 6.18 Å². The van der Waals surface area contributed by atoms with Crippen LogP contribution in [0.1, 0.15) is 37.1 Å². The summed E-state index contributed by atoms with van der Waals surface area (Å²) < 4.78 is 44.1. The lowest BCUT2D eigenvalue weighted by Gasteiger charge is -2.17. The first-order chi connectivity index (χ1) is 10.3. The van der Waals surface area contributed by atoms with E-state index < -0.39 is 17.3 Å². The SMILES string of the molecule is NC1(c2noc(-c3cc(O)ccc3C(F)(F)F)n2)CCCC1. The number of phenolic OH excluding ortho intramolecular Hbond substituents is 1. The fourth-order valence-electron chi connectivity index (χ4n) is 2.72. The lowest BCUT2D eigenvalue weighted by Crippen LogP contribution is -2.34. The number of benzene rings is 1. The summed E-state index contributed by atoms with van der Waals surface area (Å²) in [4.78, 5) is 4.04. The van der Waals surface area contributed by atoms with Crippen molar-refractivity contribution in [2.24, 2.45) is 5.73 Å². The number of nitrogens with two attached hydrogens (primary N) is 1. The molecule has 3 rings (SSSR count). The predicted octanol–water partition coefficient (Wildman–Crippen LogP) is 3.19. The molecule has 1 fully saturated rings. The monoisotopic (exact) mass is 313 g/mol. The fraction of sp³-hybridized carbons (Fsp3) is 0.429. The summed E-state index contributed by atoms with van der Waals surface area (Å²) in [5.41, 5.74) is 4.12. The third-order valence-electron chi connectivity index (χ3n) is 3.91. The van der Waals surface area contributed by atoms with E-state index in [0.717, 1.165) is 31.0 Å². The number of aromatic nitrogens is 2. The number of hydrogen-bond donors (Lipinski definition) is 2. The molecule has 3 N–H and O–H groups in total. The van der Waals surface area contributed by atoms with Crippen LogP contribution in [0.3, 0.4) is 0 Å². The summed E-state index contributed by atoms with van der Waals surface area (Å²) in [6.07, 6.45) is -1.43. The maximum Gasteiger partial charge on any atom is 0.417 e. The van der Waals surface area contributed by atoms with Gasteiger partial charge in [0.05, 0.1) is 16.7 Å². The predicted molar refractivity (Wildman–Crippen MR) is 70.7 cm³/mol. The van der Waals surface area contributed by atoms with E-state index in [9.17, 15) is 18.3 Å². The van der Waals surface area contributed by atoms with Gasteiger partial charge in [0.2, 0.25) is 0 Å². The van der Waals surface area contributed by atoms with Gasteiger partial charge in [-0.1, -0.05) is 18.0 Å². The molecule has 0 atom stereocenters. The molecular formula is C14H14F3N3O2. The van der Waals surface area contributed by atoms with Crippen LogP contribution < -0.4 is 5.73 Å². The van der Waals surface area contributed by atoms with E-state index in [0.29, 0.717) is 12.8 Å². The van der Waals surface area contributed by atoms with Crippen LogP contribution in [0.4, 0.5) is 13.2 Å². The molecule has 0 amide bonds. The van der Waals surface area contributed by atoms with Crippen LogP contribution in [0.25, 0.3) is 11.5 Å². The van der Waals surface area contributed by atoms with Crippen molar-refractivity contribution in [1.29, 1.82) is 0 Å². The molecule has 0 unspecified atom stereocenters. The van der Waals surface area contributed by atoms with Crippen molar-refractivity contribution in [3.8, 4) is 17.2 Å². The molecule has 0 radical (unpaired) electrons. The molecule has 22 heavy (non-hydrogen) atoms. The van der Waals surface area contributed by atoms with Crippen LogP contribution in [-0.2, 0) is 11.7 Å². The van der Waals surface area contributed by atoms with E-state index in [1.165, 1.54) is 0 Å². The maximum absolute atomic E-state index is 13.1. The van der Waals surface area contributed by atoms with Crippen molar-refractivity contribution in [2.45, 2.75) is 37.4 Å². The first-order valence-electron chi connectivity index (χ1n) is 6.83. The lowest BCUT2D eigenvalue weighted by atomic mass is 9.98. The molecule has 2 aromatic rings. The Hall–Kier alpha value is -2.09. The third kappa shape index (κ3) is 2.54. The molecule has 8 heteroatoms. The van der Waals surface area contributed by atoms with Crippen LogP contribution in [0, 0.1) is 0 Å². The van der Waals surface area contributed by atoms with E-state index >= 15 is 0 Å². The Morgan fingerprint density at radius 1 is 1.23 bits per heavy atom. The second-order valence-corrected chi connectivity index (χ2v) is 5.51. The molecule has 0 spiro atoms. The van der Waals surface area contributed by atoms with Gasteiger partial charge in [0, 0.05) is 0 Å². The lowest BCUT2D eigenvalue weighted by molar-refractivity contribution is -0.137. The molecule has 0 saturated heterocycles. The number of hydrogen-bond acceptors (Lipinski definition) is 5. The Kier molecular flexibility index (Phi) is 3.36.